The molecule has 0 saturated heterocycles. The molecular weight excluding hydrogens is 402 g/mol. The maximum Gasteiger partial charge on any atom is 0.168 e. The van der Waals surface area contributed by atoms with E-state index in [4.69, 9.17) is 0 Å². The van der Waals surface area contributed by atoms with Crippen molar-refractivity contribution in [2.75, 3.05) is 0 Å². The molecule has 4 heteroatoms. The Bertz CT molecular complexity index is 811. The molecule has 0 aliphatic heterocycles. The molecule has 1 aliphatic rings. The lowest BCUT2D eigenvalue weighted by atomic mass is 9.77. The van der Waals surface area contributed by atoms with Crippen molar-refractivity contribution in [2.45, 2.75) is 104 Å². The van der Waals surface area contributed by atoms with Crippen LogP contribution in [0.4, 0.5) is 8.78 Å². The van der Waals surface area contributed by atoms with Crippen LogP contribution in [0.25, 0.3) is 11.3 Å². The van der Waals surface area contributed by atoms with Crippen molar-refractivity contribution in [2.24, 2.45) is 11.8 Å². The van der Waals surface area contributed by atoms with Crippen molar-refractivity contribution in [1.29, 1.82) is 0 Å². The molecule has 0 bridgehead atoms. The smallest absolute Gasteiger partial charge is 0.168 e. The average molecular weight is 443 g/mol. The Balaban J connectivity index is 1.52. The van der Waals surface area contributed by atoms with Gasteiger partial charge in [0, 0.05) is 5.56 Å². The Morgan fingerprint density at radius 3 is 2.06 bits per heavy atom. The summed E-state index contributed by atoms with van der Waals surface area (Å²) in [7, 11) is 0. The van der Waals surface area contributed by atoms with E-state index in [-0.39, 0.29) is 5.56 Å². The van der Waals surface area contributed by atoms with Crippen molar-refractivity contribution >= 4 is 0 Å². The van der Waals surface area contributed by atoms with Gasteiger partial charge in [0.05, 0.1) is 11.4 Å². The van der Waals surface area contributed by atoms with Gasteiger partial charge in [0.2, 0.25) is 0 Å². The fourth-order valence-electron chi connectivity index (χ4n) is 5.02. The predicted octanol–water partition coefficient (Wildman–Crippen LogP) is 8.47. The highest BCUT2D eigenvalue weighted by Gasteiger charge is 2.22. The van der Waals surface area contributed by atoms with E-state index in [9.17, 15) is 8.78 Å². The van der Waals surface area contributed by atoms with Crippen LogP contribution in [0.15, 0.2) is 24.3 Å². The Labute approximate surface area is 193 Å². The van der Waals surface area contributed by atoms with Gasteiger partial charge in [-0.3, -0.25) is 0 Å². The third-order valence-electron chi connectivity index (χ3n) is 7.20. The molecule has 0 radical (unpaired) electrons. The number of unbranched alkanes of at least 4 members (excludes halogenated alkanes) is 4. The number of aryl methyl sites for hydroxylation is 2. The summed E-state index contributed by atoms with van der Waals surface area (Å²) in [5.74, 6) is 0.0100. The summed E-state index contributed by atoms with van der Waals surface area (Å²) in [5, 5.41) is 8.36. The molecule has 0 N–H and O–H groups in total. The van der Waals surface area contributed by atoms with Gasteiger partial charge in [0.1, 0.15) is 0 Å². The highest BCUT2D eigenvalue weighted by Crippen LogP contribution is 2.35. The molecule has 1 aromatic heterocycles. The topological polar surface area (TPSA) is 25.8 Å². The summed E-state index contributed by atoms with van der Waals surface area (Å²) in [6.07, 6.45) is 16.2. The quantitative estimate of drug-likeness (QED) is 0.308. The molecule has 1 aromatic carbocycles. The third-order valence-corrected chi connectivity index (χ3v) is 7.20. The third kappa shape index (κ3) is 7.08. The molecule has 0 spiro atoms. The van der Waals surface area contributed by atoms with Crippen LogP contribution in [-0.2, 0) is 12.8 Å². The van der Waals surface area contributed by atoms with E-state index in [1.165, 1.54) is 51.4 Å². The lowest BCUT2D eigenvalue weighted by Crippen LogP contribution is -2.15. The van der Waals surface area contributed by atoms with Crippen LogP contribution in [0, 0.1) is 23.5 Å². The minimum absolute atomic E-state index is 0.200. The van der Waals surface area contributed by atoms with Gasteiger partial charge in [-0.15, -0.1) is 0 Å². The fourth-order valence-corrected chi connectivity index (χ4v) is 5.02. The molecule has 3 rings (SSSR count). The van der Waals surface area contributed by atoms with Gasteiger partial charge in [0.25, 0.3) is 0 Å². The first-order chi connectivity index (χ1) is 15.6. The highest BCUT2D eigenvalue weighted by molar-refractivity contribution is 5.60. The second-order valence-electron chi connectivity index (χ2n) is 9.69. The average Bonchev–Trinajstić information content (AvgIpc) is 2.82. The summed E-state index contributed by atoms with van der Waals surface area (Å²) < 4.78 is 29.6. The Morgan fingerprint density at radius 2 is 1.41 bits per heavy atom. The zero-order valence-corrected chi connectivity index (χ0v) is 20.0. The number of benzene rings is 1. The zero-order chi connectivity index (χ0) is 22.8. The molecular formula is C28H40F2N2. The molecule has 1 heterocycles. The SMILES string of the molecule is CCCCCc1ccc(-c2ccc(CCC3CCC(CCCCC)CC3)c(F)c2F)nn1. The molecule has 0 amide bonds. The number of rotatable bonds is 12. The van der Waals surface area contributed by atoms with Crippen molar-refractivity contribution < 1.29 is 8.78 Å². The molecule has 2 nitrogen and oxygen atoms in total. The largest absolute Gasteiger partial charge is 0.203 e. The molecule has 1 aliphatic carbocycles. The predicted molar refractivity (Wildman–Crippen MR) is 129 cm³/mol. The van der Waals surface area contributed by atoms with Gasteiger partial charge in [0.15, 0.2) is 11.6 Å². The Morgan fingerprint density at radius 1 is 0.719 bits per heavy atom. The van der Waals surface area contributed by atoms with Gasteiger partial charge in [-0.1, -0.05) is 84.1 Å². The van der Waals surface area contributed by atoms with Crippen LogP contribution in [-0.4, -0.2) is 10.2 Å². The Hall–Kier alpha value is -1.84. The maximum atomic E-state index is 14.8. The van der Waals surface area contributed by atoms with Gasteiger partial charge in [-0.05, 0) is 61.3 Å². The van der Waals surface area contributed by atoms with Gasteiger partial charge >= 0.3 is 0 Å². The monoisotopic (exact) mass is 442 g/mol. The lowest BCUT2D eigenvalue weighted by Gasteiger charge is -2.28. The first-order valence-electron chi connectivity index (χ1n) is 12.9. The van der Waals surface area contributed by atoms with E-state index < -0.39 is 11.6 Å². The van der Waals surface area contributed by atoms with Gasteiger partial charge in [-0.2, -0.15) is 10.2 Å². The second-order valence-corrected chi connectivity index (χ2v) is 9.69. The molecule has 1 fully saturated rings. The van der Waals surface area contributed by atoms with Gasteiger partial charge < -0.3 is 0 Å². The standard InChI is InChI=1S/C28H40F2N2/c1-3-5-7-9-21-11-13-22(14-12-21)15-16-23-17-19-25(28(30)27(23)29)26-20-18-24(31-32-26)10-8-6-4-2/h17-22H,3-16H2,1-2H3. The highest BCUT2D eigenvalue weighted by atomic mass is 19.2. The number of halogens is 2. The van der Waals surface area contributed by atoms with Crippen molar-refractivity contribution in [3.05, 3.63) is 47.2 Å². The van der Waals surface area contributed by atoms with Crippen LogP contribution in [0.1, 0.15) is 102 Å². The molecule has 2 aromatic rings. The number of aromatic nitrogens is 2. The molecule has 32 heavy (non-hydrogen) atoms. The summed E-state index contributed by atoms with van der Waals surface area (Å²) in [5.41, 5.74) is 1.99. The van der Waals surface area contributed by atoms with Crippen LogP contribution in [0.5, 0.6) is 0 Å². The van der Waals surface area contributed by atoms with E-state index in [1.54, 1.807) is 18.2 Å². The summed E-state index contributed by atoms with van der Waals surface area (Å²) in [4.78, 5) is 0. The minimum atomic E-state index is -0.796. The number of hydrogen-bond donors (Lipinski definition) is 0. The normalized spacial score (nSPS) is 18.8. The first kappa shape index (κ1) is 24.8. The van der Waals surface area contributed by atoms with E-state index in [2.05, 4.69) is 24.0 Å². The van der Waals surface area contributed by atoms with E-state index in [0.717, 1.165) is 43.7 Å². The van der Waals surface area contributed by atoms with E-state index in [0.29, 0.717) is 23.6 Å². The zero-order valence-electron chi connectivity index (χ0n) is 20.0. The second kappa shape index (κ2) is 13.0. The molecule has 1 saturated carbocycles. The van der Waals surface area contributed by atoms with Crippen LogP contribution in [0.2, 0.25) is 0 Å². The lowest BCUT2D eigenvalue weighted by molar-refractivity contribution is 0.248. The van der Waals surface area contributed by atoms with Crippen LogP contribution >= 0.6 is 0 Å². The number of nitrogens with zero attached hydrogens (tertiary/aromatic N) is 2. The Kier molecular flexibility index (Phi) is 10.1. The summed E-state index contributed by atoms with van der Waals surface area (Å²) in [6, 6.07) is 7.03. The van der Waals surface area contributed by atoms with Crippen LogP contribution < -0.4 is 0 Å². The van der Waals surface area contributed by atoms with E-state index >= 15 is 0 Å². The van der Waals surface area contributed by atoms with Crippen LogP contribution in [0.3, 0.4) is 0 Å². The van der Waals surface area contributed by atoms with Crippen molar-refractivity contribution in [1.82, 2.24) is 10.2 Å². The molecule has 0 unspecified atom stereocenters. The molecule has 0 atom stereocenters. The van der Waals surface area contributed by atoms with E-state index in [1.807, 2.05) is 6.07 Å². The molecule has 176 valence electrons. The number of hydrogen-bond acceptors (Lipinski definition) is 2. The first-order valence-corrected chi connectivity index (χ1v) is 12.9. The summed E-state index contributed by atoms with van der Waals surface area (Å²) >= 11 is 0. The van der Waals surface area contributed by atoms with Crippen molar-refractivity contribution in [3.8, 4) is 11.3 Å². The van der Waals surface area contributed by atoms with Crippen molar-refractivity contribution in [3.63, 3.8) is 0 Å². The summed E-state index contributed by atoms with van der Waals surface area (Å²) in [6.45, 7) is 4.42. The van der Waals surface area contributed by atoms with Gasteiger partial charge in [-0.25, -0.2) is 8.78 Å². The minimum Gasteiger partial charge on any atom is -0.203 e. The maximum absolute atomic E-state index is 14.8. The fraction of sp³-hybridized carbons (Fsp3) is 0.643.